The minimum Gasteiger partial charge on any atom is -0.339 e. The highest BCUT2D eigenvalue weighted by Crippen LogP contribution is 2.43. The number of amides is 2. The van der Waals surface area contributed by atoms with E-state index in [-0.39, 0.29) is 11.8 Å². The van der Waals surface area contributed by atoms with Crippen molar-refractivity contribution >= 4 is 65.6 Å². The zero-order valence-electron chi connectivity index (χ0n) is 15.4. The summed E-state index contributed by atoms with van der Waals surface area (Å²) in [5, 5.41) is 5.46. The highest BCUT2D eigenvalue weighted by Gasteiger charge is 2.30. The molecule has 2 amide bonds. The smallest absolute Gasteiger partial charge is 0.259 e. The Kier molecular flexibility index (Phi) is 4.60. The average Bonchev–Trinajstić information content (AvgIpc) is 3.38. The molecular weight excluding hydrogens is 448 g/mol. The maximum absolute atomic E-state index is 12.6. The molecule has 2 aromatic heterocycles. The second-order valence-corrected chi connectivity index (χ2v) is 8.84. The number of thiophene rings is 1. The second-order valence-electron chi connectivity index (χ2n) is 6.96. The highest BCUT2D eigenvalue weighted by molar-refractivity contribution is 9.09. The third-order valence-corrected chi connectivity index (χ3v) is 6.85. The fourth-order valence-corrected chi connectivity index (χ4v) is 5.35. The van der Waals surface area contributed by atoms with Crippen LogP contribution in [0.15, 0.2) is 60.7 Å². The lowest BCUT2D eigenvalue weighted by atomic mass is 10.0. The van der Waals surface area contributed by atoms with Gasteiger partial charge in [0.1, 0.15) is 0 Å². The summed E-state index contributed by atoms with van der Waals surface area (Å²) in [6.07, 6.45) is 2.38. The standard InChI is InChI=1S/C23H17BrN2O2S/c24-10-5-11-26-17-8-3-2-7-15(17)21(16-13-20(27)25-23(16)28)22(26)19-12-14-6-1-4-9-18(14)29-19/h1-4,6-9,12-13H,5,10-11H2,(H,25,27,28). The summed E-state index contributed by atoms with van der Waals surface area (Å²) in [4.78, 5) is 25.6. The lowest BCUT2D eigenvalue weighted by molar-refractivity contribution is -0.123. The number of nitrogens with one attached hydrogen (secondary N) is 1. The van der Waals surface area contributed by atoms with Crippen molar-refractivity contribution in [3.05, 3.63) is 66.2 Å². The van der Waals surface area contributed by atoms with E-state index in [0.29, 0.717) is 5.57 Å². The number of rotatable bonds is 5. The van der Waals surface area contributed by atoms with Gasteiger partial charge in [-0.15, -0.1) is 11.3 Å². The SMILES string of the molecule is O=C1C=C(c2c(-c3cc4ccccc4s3)n(CCCBr)c3ccccc23)C(=O)N1. The van der Waals surface area contributed by atoms with Crippen molar-refractivity contribution in [3.8, 4) is 10.6 Å². The molecule has 29 heavy (non-hydrogen) atoms. The Labute approximate surface area is 180 Å². The van der Waals surface area contributed by atoms with E-state index < -0.39 is 0 Å². The van der Waals surface area contributed by atoms with Gasteiger partial charge in [0.15, 0.2) is 0 Å². The topological polar surface area (TPSA) is 51.1 Å². The van der Waals surface area contributed by atoms with Crippen LogP contribution in [0.3, 0.4) is 0 Å². The van der Waals surface area contributed by atoms with E-state index in [2.05, 4.69) is 50.1 Å². The molecule has 144 valence electrons. The number of aryl methyl sites for hydroxylation is 1. The molecule has 0 fully saturated rings. The monoisotopic (exact) mass is 464 g/mol. The fourth-order valence-electron chi connectivity index (χ4n) is 3.98. The van der Waals surface area contributed by atoms with Crippen LogP contribution in [-0.2, 0) is 16.1 Å². The van der Waals surface area contributed by atoms with E-state index in [4.69, 9.17) is 0 Å². The van der Waals surface area contributed by atoms with Crippen molar-refractivity contribution in [1.82, 2.24) is 9.88 Å². The average molecular weight is 465 g/mol. The first-order valence-electron chi connectivity index (χ1n) is 9.41. The number of aromatic nitrogens is 1. The summed E-state index contributed by atoms with van der Waals surface area (Å²) in [7, 11) is 0. The number of hydrogen-bond acceptors (Lipinski definition) is 3. The number of carbonyl (C=O) groups excluding carboxylic acids is 2. The van der Waals surface area contributed by atoms with Crippen molar-refractivity contribution in [1.29, 1.82) is 0 Å². The molecule has 0 unspecified atom stereocenters. The Morgan fingerprint density at radius 3 is 2.59 bits per heavy atom. The first-order valence-corrected chi connectivity index (χ1v) is 11.3. The summed E-state index contributed by atoms with van der Waals surface area (Å²) < 4.78 is 3.49. The molecule has 4 nitrogen and oxygen atoms in total. The van der Waals surface area contributed by atoms with Crippen molar-refractivity contribution in [2.45, 2.75) is 13.0 Å². The Morgan fingerprint density at radius 2 is 1.83 bits per heavy atom. The maximum Gasteiger partial charge on any atom is 0.259 e. The van der Waals surface area contributed by atoms with Crippen LogP contribution >= 0.6 is 27.3 Å². The third kappa shape index (κ3) is 3.03. The van der Waals surface area contributed by atoms with E-state index >= 15 is 0 Å². The molecule has 0 aliphatic carbocycles. The molecule has 1 N–H and O–H groups in total. The number of fused-ring (bicyclic) bond motifs is 2. The molecule has 0 spiro atoms. The van der Waals surface area contributed by atoms with Gasteiger partial charge in [0.25, 0.3) is 11.8 Å². The van der Waals surface area contributed by atoms with E-state index in [1.165, 1.54) is 16.2 Å². The number of carbonyl (C=O) groups is 2. The van der Waals surface area contributed by atoms with Gasteiger partial charge in [-0.1, -0.05) is 52.3 Å². The molecule has 1 aliphatic rings. The first kappa shape index (κ1) is 18.3. The Hall–Kier alpha value is -2.70. The van der Waals surface area contributed by atoms with Crippen molar-refractivity contribution in [3.63, 3.8) is 0 Å². The van der Waals surface area contributed by atoms with Gasteiger partial charge in [-0.2, -0.15) is 0 Å². The minimum atomic E-state index is -0.357. The Bertz CT molecular complexity index is 1280. The Balaban J connectivity index is 1.86. The number of alkyl halides is 1. The van der Waals surface area contributed by atoms with Gasteiger partial charge in [-0.3, -0.25) is 14.9 Å². The number of nitrogens with zero attached hydrogens (tertiary/aromatic N) is 1. The molecule has 2 aromatic carbocycles. The molecule has 0 saturated carbocycles. The number of para-hydroxylation sites is 1. The van der Waals surface area contributed by atoms with Gasteiger partial charge in [0, 0.05) is 39.1 Å². The molecule has 0 radical (unpaired) electrons. The van der Waals surface area contributed by atoms with Crippen LogP contribution in [0.1, 0.15) is 12.0 Å². The summed E-state index contributed by atoms with van der Waals surface area (Å²) in [6.45, 7) is 0.818. The van der Waals surface area contributed by atoms with E-state index in [1.807, 2.05) is 30.3 Å². The molecule has 0 saturated heterocycles. The molecule has 4 aromatic rings. The predicted octanol–water partition coefficient (Wildman–Crippen LogP) is 5.35. The van der Waals surface area contributed by atoms with Crippen LogP contribution < -0.4 is 5.32 Å². The number of halogens is 1. The quantitative estimate of drug-likeness (QED) is 0.319. The van der Waals surface area contributed by atoms with E-state index in [0.717, 1.165) is 45.3 Å². The summed E-state index contributed by atoms with van der Waals surface area (Å²) in [6, 6.07) is 18.6. The van der Waals surface area contributed by atoms with Gasteiger partial charge >= 0.3 is 0 Å². The highest BCUT2D eigenvalue weighted by atomic mass is 79.9. The van der Waals surface area contributed by atoms with Gasteiger partial charge in [-0.05, 0) is 30.0 Å². The predicted molar refractivity (Wildman–Crippen MR) is 122 cm³/mol. The van der Waals surface area contributed by atoms with Gasteiger partial charge < -0.3 is 4.57 Å². The summed E-state index contributed by atoms with van der Waals surface area (Å²) >= 11 is 5.25. The second kappa shape index (κ2) is 7.28. The molecule has 3 heterocycles. The summed E-state index contributed by atoms with van der Waals surface area (Å²) in [5.41, 5.74) is 3.36. The number of imide groups is 1. The van der Waals surface area contributed by atoms with E-state index in [1.54, 1.807) is 11.3 Å². The van der Waals surface area contributed by atoms with Gasteiger partial charge in [0.2, 0.25) is 0 Å². The van der Waals surface area contributed by atoms with Gasteiger partial charge in [-0.25, -0.2) is 0 Å². The van der Waals surface area contributed by atoms with Crippen LogP contribution in [-0.4, -0.2) is 21.7 Å². The zero-order chi connectivity index (χ0) is 20.0. The summed E-state index contributed by atoms with van der Waals surface area (Å²) in [5.74, 6) is -0.690. The van der Waals surface area contributed by atoms with Crippen molar-refractivity contribution in [2.24, 2.45) is 0 Å². The molecule has 0 atom stereocenters. The van der Waals surface area contributed by atoms with Crippen LogP contribution in [0, 0.1) is 0 Å². The lowest BCUT2D eigenvalue weighted by Gasteiger charge is -2.10. The Morgan fingerprint density at radius 1 is 1.03 bits per heavy atom. The third-order valence-electron chi connectivity index (χ3n) is 5.17. The van der Waals surface area contributed by atoms with Crippen molar-refractivity contribution in [2.75, 3.05) is 5.33 Å². The van der Waals surface area contributed by atoms with Crippen LogP contribution in [0.4, 0.5) is 0 Å². The zero-order valence-corrected chi connectivity index (χ0v) is 17.8. The van der Waals surface area contributed by atoms with Gasteiger partial charge in [0.05, 0.1) is 16.1 Å². The normalized spacial score (nSPS) is 14.0. The first-order chi connectivity index (χ1) is 14.2. The largest absolute Gasteiger partial charge is 0.339 e. The fraction of sp³-hybridized carbons (Fsp3) is 0.130. The molecule has 0 bridgehead atoms. The van der Waals surface area contributed by atoms with Crippen LogP contribution in [0.25, 0.3) is 37.1 Å². The molecule has 6 heteroatoms. The molecule has 5 rings (SSSR count). The van der Waals surface area contributed by atoms with Crippen LogP contribution in [0.2, 0.25) is 0 Å². The van der Waals surface area contributed by atoms with E-state index in [9.17, 15) is 9.59 Å². The number of benzene rings is 2. The number of hydrogen-bond donors (Lipinski definition) is 1. The van der Waals surface area contributed by atoms with Crippen molar-refractivity contribution < 1.29 is 9.59 Å². The molecular formula is C23H17BrN2O2S. The maximum atomic E-state index is 12.6. The molecule has 1 aliphatic heterocycles. The minimum absolute atomic E-state index is 0.333. The van der Waals surface area contributed by atoms with Crippen LogP contribution in [0.5, 0.6) is 0 Å². The lowest BCUT2D eigenvalue weighted by Crippen LogP contribution is -2.21.